The van der Waals surface area contributed by atoms with Gasteiger partial charge in [0.25, 0.3) is 0 Å². The van der Waals surface area contributed by atoms with E-state index in [0.29, 0.717) is 10.8 Å². The first-order valence-electron chi connectivity index (χ1n) is 9.93. The van der Waals surface area contributed by atoms with Crippen molar-refractivity contribution in [2.24, 2.45) is 0 Å². The fraction of sp³-hybridized carbons (Fsp3) is 0.318. The Hall–Kier alpha value is -2.58. The highest BCUT2D eigenvalue weighted by atomic mass is 35.5. The van der Waals surface area contributed by atoms with E-state index in [1.54, 1.807) is 14.0 Å². The summed E-state index contributed by atoms with van der Waals surface area (Å²) in [5.41, 5.74) is 1.29. The van der Waals surface area contributed by atoms with Crippen molar-refractivity contribution < 1.29 is 13.9 Å². The van der Waals surface area contributed by atoms with Crippen LogP contribution >= 0.6 is 23.4 Å². The standard InChI is InChI=1S/C22H24ClFN4O2S/c1-4-5-12-28-20(15-6-9-17(30-3)10-7-15)26-27-22(28)31-14(2)21(29)25-19-11-8-16(24)13-18(19)23/h6-11,13-14H,4-5,12H2,1-3H3,(H,25,29)/t14-/m1/s1. The molecule has 1 aromatic heterocycles. The van der Waals surface area contributed by atoms with E-state index in [0.717, 1.165) is 42.6 Å². The van der Waals surface area contributed by atoms with Crippen LogP contribution in [0.1, 0.15) is 26.7 Å². The molecule has 0 spiro atoms. The Labute approximate surface area is 190 Å². The van der Waals surface area contributed by atoms with E-state index < -0.39 is 11.1 Å². The van der Waals surface area contributed by atoms with Gasteiger partial charge in [-0.2, -0.15) is 0 Å². The number of thioether (sulfide) groups is 1. The predicted octanol–water partition coefficient (Wildman–Crippen LogP) is 5.67. The number of unbranched alkanes of at least 4 members (excludes halogenated alkanes) is 1. The Morgan fingerprint density at radius 3 is 2.65 bits per heavy atom. The molecule has 0 aliphatic carbocycles. The summed E-state index contributed by atoms with van der Waals surface area (Å²) in [4.78, 5) is 12.7. The van der Waals surface area contributed by atoms with E-state index >= 15 is 0 Å². The smallest absolute Gasteiger partial charge is 0.237 e. The molecule has 0 saturated carbocycles. The zero-order valence-corrected chi connectivity index (χ0v) is 19.1. The van der Waals surface area contributed by atoms with Gasteiger partial charge in [-0.1, -0.05) is 36.7 Å². The molecule has 0 fully saturated rings. The number of anilines is 1. The number of nitrogens with one attached hydrogen (secondary N) is 1. The topological polar surface area (TPSA) is 69.0 Å². The number of benzene rings is 2. The molecule has 9 heteroatoms. The minimum absolute atomic E-state index is 0.151. The van der Waals surface area contributed by atoms with Crippen LogP contribution < -0.4 is 10.1 Å². The largest absolute Gasteiger partial charge is 0.497 e. The lowest BCUT2D eigenvalue weighted by molar-refractivity contribution is -0.115. The number of halogens is 2. The molecule has 1 amide bonds. The van der Waals surface area contributed by atoms with Gasteiger partial charge in [-0.25, -0.2) is 4.39 Å². The number of amides is 1. The summed E-state index contributed by atoms with van der Waals surface area (Å²) in [5.74, 6) is 0.797. The first kappa shape index (κ1) is 23.1. The Bertz CT molecular complexity index is 1040. The number of carbonyl (C=O) groups excluding carboxylic acids is 1. The number of aromatic nitrogens is 3. The molecule has 164 valence electrons. The van der Waals surface area contributed by atoms with Crippen LogP contribution in [0.15, 0.2) is 47.6 Å². The maximum atomic E-state index is 13.2. The second-order valence-electron chi connectivity index (χ2n) is 6.91. The van der Waals surface area contributed by atoms with Gasteiger partial charge in [0, 0.05) is 12.1 Å². The number of methoxy groups -OCH3 is 1. The van der Waals surface area contributed by atoms with E-state index in [1.165, 1.54) is 23.9 Å². The minimum Gasteiger partial charge on any atom is -0.497 e. The van der Waals surface area contributed by atoms with Crippen molar-refractivity contribution in [2.75, 3.05) is 12.4 Å². The quantitative estimate of drug-likeness (QED) is 0.415. The fourth-order valence-electron chi connectivity index (χ4n) is 2.88. The maximum absolute atomic E-state index is 13.2. The van der Waals surface area contributed by atoms with Gasteiger partial charge in [0.15, 0.2) is 11.0 Å². The summed E-state index contributed by atoms with van der Waals surface area (Å²) < 4.78 is 20.5. The van der Waals surface area contributed by atoms with Crippen LogP contribution in [0.2, 0.25) is 5.02 Å². The molecule has 3 aromatic rings. The van der Waals surface area contributed by atoms with E-state index in [-0.39, 0.29) is 10.9 Å². The molecule has 0 aliphatic rings. The van der Waals surface area contributed by atoms with Crippen molar-refractivity contribution in [3.05, 3.63) is 53.3 Å². The molecule has 3 rings (SSSR count). The molecular formula is C22H24ClFN4O2S. The monoisotopic (exact) mass is 462 g/mol. The van der Waals surface area contributed by atoms with Gasteiger partial charge in [0.1, 0.15) is 11.6 Å². The van der Waals surface area contributed by atoms with Gasteiger partial charge in [-0.05, 0) is 55.8 Å². The number of carbonyl (C=O) groups is 1. The molecule has 0 bridgehead atoms. The van der Waals surface area contributed by atoms with Crippen LogP contribution in [0.3, 0.4) is 0 Å². The highest BCUT2D eigenvalue weighted by Crippen LogP contribution is 2.30. The third kappa shape index (κ3) is 5.77. The summed E-state index contributed by atoms with van der Waals surface area (Å²) in [6.07, 6.45) is 1.98. The van der Waals surface area contributed by atoms with Crippen LogP contribution in [0.25, 0.3) is 11.4 Å². The summed E-state index contributed by atoms with van der Waals surface area (Å²) in [6.45, 7) is 4.64. The van der Waals surface area contributed by atoms with E-state index in [4.69, 9.17) is 16.3 Å². The van der Waals surface area contributed by atoms with Gasteiger partial charge in [-0.15, -0.1) is 10.2 Å². The van der Waals surface area contributed by atoms with Crippen LogP contribution in [0.5, 0.6) is 5.75 Å². The summed E-state index contributed by atoms with van der Waals surface area (Å²) in [6, 6.07) is 11.5. The van der Waals surface area contributed by atoms with Crippen LogP contribution in [0, 0.1) is 5.82 Å². The lowest BCUT2D eigenvalue weighted by Crippen LogP contribution is -2.23. The molecule has 0 radical (unpaired) electrons. The highest BCUT2D eigenvalue weighted by Gasteiger charge is 2.21. The van der Waals surface area contributed by atoms with Crippen LogP contribution in [0.4, 0.5) is 10.1 Å². The van der Waals surface area contributed by atoms with Crippen molar-refractivity contribution >= 4 is 35.0 Å². The molecule has 0 aliphatic heterocycles. The molecule has 1 N–H and O–H groups in total. The Balaban J connectivity index is 1.79. The van der Waals surface area contributed by atoms with Crippen molar-refractivity contribution in [3.8, 4) is 17.1 Å². The maximum Gasteiger partial charge on any atom is 0.237 e. The van der Waals surface area contributed by atoms with Crippen molar-refractivity contribution in [2.45, 2.75) is 43.6 Å². The molecular weight excluding hydrogens is 439 g/mol. The Morgan fingerprint density at radius 1 is 1.26 bits per heavy atom. The lowest BCUT2D eigenvalue weighted by Gasteiger charge is -2.14. The number of rotatable bonds is 9. The van der Waals surface area contributed by atoms with E-state index in [2.05, 4.69) is 22.4 Å². The van der Waals surface area contributed by atoms with E-state index in [9.17, 15) is 9.18 Å². The predicted molar refractivity (Wildman–Crippen MR) is 122 cm³/mol. The normalized spacial score (nSPS) is 11.9. The Morgan fingerprint density at radius 2 is 2.00 bits per heavy atom. The number of hydrogen-bond donors (Lipinski definition) is 1. The van der Waals surface area contributed by atoms with Crippen molar-refractivity contribution in [1.82, 2.24) is 14.8 Å². The molecule has 0 unspecified atom stereocenters. The average Bonchev–Trinajstić information content (AvgIpc) is 3.16. The third-order valence-corrected chi connectivity index (χ3v) is 6.03. The first-order valence-corrected chi connectivity index (χ1v) is 11.2. The van der Waals surface area contributed by atoms with Gasteiger partial charge >= 0.3 is 0 Å². The zero-order chi connectivity index (χ0) is 22.4. The van der Waals surface area contributed by atoms with Crippen molar-refractivity contribution in [1.29, 1.82) is 0 Å². The number of hydrogen-bond acceptors (Lipinski definition) is 5. The third-order valence-electron chi connectivity index (χ3n) is 4.64. The molecule has 31 heavy (non-hydrogen) atoms. The van der Waals surface area contributed by atoms with Gasteiger partial charge in [-0.3, -0.25) is 4.79 Å². The highest BCUT2D eigenvalue weighted by molar-refractivity contribution is 8.00. The molecule has 6 nitrogen and oxygen atoms in total. The van der Waals surface area contributed by atoms with Gasteiger partial charge < -0.3 is 14.6 Å². The lowest BCUT2D eigenvalue weighted by atomic mass is 10.2. The molecule has 2 aromatic carbocycles. The second-order valence-corrected chi connectivity index (χ2v) is 8.63. The molecule has 1 heterocycles. The van der Waals surface area contributed by atoms with Crippen molar-refractivity contribution in [3.63, 3.8) is 0 Å². The van der Waals surface area contributed by atoms with E-state index in [1.807, 2.05) is 28.8 Å². The zero-order valence-electron chi connectivity index (χ0n) is 17.6. The van der Waals surface area contributed by atoms with Crippen LogP contribution in [-0.4, -0.2) is 33.0 Å². The molecule has 0 saturated heterocycles. The Kier molecular flexibility index (Phi) is 7.92. The summed E-state index contributed by atoms with van der Waals surface area (Å²) in [7, 11) is 1.62. The van der Waals surface area contributed by atoms with Gasteiger partial charge in [0.2, 0.25) is 5.91 Å². The summed E-state index contributed by atoms with van der Waals surface area (Å²) >= 11 is 7.33. The van der Waals surface area contributed by atoms with Gasteiger partial charge in [0.05, 0.1) is 23.1 Å². The summed E-state index contributed by atoms with van der Waals surface area (Å²) in [5, 5.41) is 11.8. The number of ether oxygens (including phenoxy) is 1. The molecule has 1 atom stereocenters. The first-order chi connectivity index (χ1) is 14.9. The SMILES string of the molecule is CCCCn1c(S[C@H](C)C(=O)Nc2ccc(F)cc2Cl)nnc1-c1ccc(OC)cc1. The average molecular weight is 463 g/mol. The minimum atomic E-state index is -0.464. The second kappa shape index (κ2) is 10.6. The fourth-order valence-corrected chi connectivity index (χ4v) is 3.97. The number of nitrogens with zero attached hydrogens (tertiary/aromatic N) is 3. The van der Waals surface area contributed by atoms with Crippen LogP contribution in [-0.2, 0) is 11.3 Å².